The molecule has 1 aliphatic heterocycles. The van der Waals surface area contributed by atoms with Crippen LogP contribution in [0, 0.1) is 15.5 Å². The van der Waals surface area contributed by atoms with E-state index in [-0.39, 0.29) is 16.9 Å². The number of carbonyl (C=O) groups is 1. The lowest BCUT2D eigenvalue weighted by Crippen LogP contribution is -2.36. The highest BCUT2D eigenvalue weighted by Crippen LogP contribution is 2.47. The molecule has 1 aliphatic carbocycles. The van der Waals surface area contributed by atoms with Crippen molar-refractivity contribution in [1.82, 2.24) is 14.8 Å². The van der Waals surface area contributed by atoms with Crippen LogP contribution < -0.4 is 5.32 Å². The zero-order valence-electron chi connectivity index (χ0n) is 17.5. The van der Waals surface area contributed by atoms with E-state index in [0.717, 1.165) is 5.70 Å². The van der Waals surface area contributed by atoms with Gasteiger partial charge in [0.1, 0.15) is 6.04 Å². The summed E-state index contributed by atoms with van der Waals surface area (Å²) in [5, 5.41) is 20.2. The molecule has 0 radical (unpaired) electrons. The molecule has 32 heavy (non-hydrogen) atoms. The maximum Gasteiger partial charge on any atom is 0.275 e. The number of fused-ring (bicyclic) bond motifs is 1. The fraction of sp³-hybridized carbons (Fsp3) is 0.261. The van der Waals surface area contributed by atoms with Crippen LogP contribution in [-0.2, 0) is 4.79 Å². The van der Waals surface area contributed by atoms with Crippen molar-refractivity contribution in [3.63, 3.8) is 0 Å². The number of hydrogen-bond donors (Lipinski definition) is 1. The number of rotatable bonds is 3. The standard InChI is InChI=1S/C23H20ClN5O3/c1-23(2)11-16-19(18(30)12-23)20(14-8-4-6-10-17(14)29(31)32)28-22(25-16)26-21(27-28)13-7-3-5-9-15(13)24/h3-10,20H,11-12H2,1-2H3,(H,25,26,27)/t20-/m1/s1. The van der Waals surface area contributed by atoms with Crippen molar-refractivity contribution in [2.75, 3.05) is 5.32 Å². The maximum atomic E-state index is 13.3. The highest BCUT2D eigenvalue weighted by Gasteiger charge is 2.43. The van der Waals surface area contributed by atoms with Gasteiger partial charge >= 0.3 is 0 Å². The molecular weight excluding hydrogens is 430 g/mol. The predicted molar refractivity (Wildman–Crippen MR) is 120 cm³/mol. The molecule has 8 nitrogen and oxygen atoms in total. The van der Waals surface area contributed by atoms with E-state index >= 15 is 0 Å². The van der Waals surface area contributed by atoms with Crippen LogP contribution in [0.1, 0.15) is 38.3 Å². The van der Waals surface area contributed by atoms with Gasteiger partial charge in [-0.15, -0.1) is 5.10 Å². The Kier molecular flexibility index (Phi) is 4.63. The largest absolute Gasteiger partial charge is 0.328 e. The van der Waals surface area contributed by atoms with Gasteiger partial charge in [0, 0.05) is 29.3 Å². The van der Waals surface area contributed by atoms with Gasteiger partial charge in [-0.05, 0) is 30.0 Å². The average molecular weight is 450 g/mol. The first-order valence-corrected chi connectivity index (χ1v) is 10.6. The molecule has 0 spiro atoms. The van der Waals surface area contributed by atoms with Crippen molar-refractivity contribution in [2.45, 2.75) is 32.7 Å². The Morgan fingerprint density at radius 1 is 1.16 bits per heavy atom. The van der Waals surface area contributed by atoms with Gasteiger partial charge in [-0.3, -0.25) is 14.9 Å². The number of aromatic nitrogens is 3. The first-order chi connectivity index (χ1) is 15.2. The summed E-state index contributed by atoms with van der Waals surface area (Å²) < 4.78 is 1.57. The third kappa shape index (κ3) is 3.27. The van der Waals surface area contributed by atoms with Gasteiger partial charge in [-0.2, -0.15) is 4.98 Å². The predicted octanol–water partition coefficient (Wildman–Crippen LogP) is 5.16. The van der Waals surface area contributed by atoms with Crippen molar-refractivity contribution in [1.29, 1.82) is 0 Å². The number of anilines is 1. The highest BCUT2D eigenvalue weighted by atomic mass is 35.5. The molecule has 1 N–H and O–H groups in total. The number of carbonyl (C=O) groups excluding carboxylic acids is 1. The fourth-order valence-electron chi connectivity index (χ4n) is 4.54. The van der Waals surface area contributed by atoms with Crippen molar-refractivity contribution in [3.05, 3.63) is 80.5 Å². The summed E-state index contributed by atoms with van der Waals surface area (Å²) in [5.41, 5.74) is 1.98. The number of benzene rings is 2. The van der Waals surface area contributed by atoms with E-state index in [1.165, 1.54) is 6.07 Å². The second-order valence-corrected chi connectivity index (χ2v) is 9.27. The summed E-state index contributed by atoms with van der Waals surface area (Å²) in [5.74, 6) is 0.757. The zero-order valence-corrected chi connectivity index (χ0v) is 18.3. The number of Topliss-reactive ketones (excluding diaryl/α,β-unsaturated/α-hetero) is 1. The quantitative estimate of drug-likeness (QED) is 0.437. The lowest BCUT2D eigenvalue weighted by atomic mass is 9.73. The lowest BCUT2D eigenvalue weighted by Gasteiger charge is -2.38. The highest BCUT2D eigenvalue weighted by molar-refractivity contribution is 6.33. The van der Waals surface area contributed by atoms with Gasteiger partial charge in [0.25, 0.3) is 5.69 Å². The Bertz CT molecular complexity index is 1310. The van der Waals surface area contributed by atoms with E-state index in [1.54, 1.807) is 28.9 Å². The van der Waals surface area contributed by atoms with E-state index in [1.807, 2.05) is 32.0 Å². The molecule has 2 aliphatic rings. The van der Waals surface area contributed by atoms with E-state index in [9.17, 15) is 14.9 Å². The Morgan fingerprint density at radius 3 is 2.62 bits per heavy atom. The van der Waals surface area contributed by atoms with Crippen molar-refractivity contribution >= 4 is 29.0 Å². The van der Waals surface area contributed by atoms with Gasteiger partial charge in [0.05, 0.1) is 15.5 Å². The number of halogens is 1. The lowest BCUT2D eigenvalue weighted by molar-refractivity contribution is -0.385. The minimum atomic E-state index is -0.754. The molecule has 1 aromatic heterocycles. The van der Waals surface area contributed by atoms with Gasteiger partial charge in [-0.25, -0.2) is 4.68 Å². The van der Waals surface area contributed by atoms with Crippen molar-refractivity contribution in [2.24, 2.45) is 5.41 Å². The average Bonchev–Trinajstić information content (AvgIpc) is 3.15. The number of para-hydroxylation sites is 1. The molecule has 2 aromatic carbocycles. The topological polar surface area (TPSA) is 103 Å². The van der Waals surface area contributed by atoms with Crippen LogP contribution in [0.25, 0.3) is 11.4 Å². The molecular formula is C23H20ClN5O3. The molecule has 3 aromatic rings. The second-order valence-electron chi connectivity index (χ2n) is 8.86. The van der Waals surface area contributed by atoms with Crippen LogP contribution in [0.15, 0.2) is 59.8 Å². The van der Waals surface area contributed by atoms with E-state index in [2.05, 4.69) is 15.4 Å². The molecule has 1 atom stereocenters. The van der Waals surface area contributed by atoms with E-state index in [0.29, 0.717) is 46.3 Å². The molecule has 0 bridgehead atoms. The maximum absolute atomic E-state index is 13.3. The number of allylic oxidation sites excluding steroid dienone is 2. The number of hydrogen-bond acceptors (Lipinski definition) is 6. The number of nitrogens with zero attached hydrogens (tertiary/aromatic N) is 4. The van der Waals surface area contributed by atoms with Crippen LogP contribution in [0.2, 0.25) is 5.02 Å². The van der Waals surface area contributed by atoms with Crippen molar-refractivity contribution in [3.8, 4) is 11.4 Å². The number of nitrogens with one attached hydrogen (secondary N) is 1. The molecule has 162 valence electrons. The molecule has 2 heterocycles. The molecule has 0 amide bonds. The number of nitro benzene ring substituents is 1. The summed E-state index contributed by atoms with van der Waals surface area (Å²) in [7, 11) is 0. The van der Waals surface area contributed by atoms with Crippen LogP contribution in [0.4, 0.5) is 11.6 Å². The van der Waals surface area contributed by atoms with Gasteiger partial charge in [0.2, 0.25) is 5.95 Å². The molecule has 0 fully saturated rings. The van der Waals surface area contributed by atoms with Crippen LogP contribution in [-0.4, -0.2) is 25.5 Å². The SMILES string of the molecule is CC1(C)CC(=O)C2=C(C1)Nc1nc(-c3ccccc3Cl)nn1[C@@H]2c1ccccc1[N+](=O)[O-]. The Hall–Kier alpha value is -3.52. The summed E-state index contributed by atoms with van der Waals surface area (Å²) >= 11 is 6.36. The Labute approximate surface area is 189 Å². The summed E-state index contributed by atoms with van der Waals surface area (Å²) in [4.78, 5) is 29.3. The summed E-state index contributed by atoms with van der Waals surface area (Å²) in [6.07, 6.45) is 0.978. The minimum absolute atomic E-state index is 0.0488. The van der Waals surface area contributed by atoms with E-state index < -0.39 is 11.0 Å². The van der Waals surface area contributed by atoms with Gasteiger partial charge in [-0.1, -0.05) is 49.7 Å². The van der Waals surface area contributed by atoms with E-state index in [4.69, 9.17) is 11.6 Å². The summed E-state index contributed by atoms with van der Waals surface area (Å²) in [6, 6.07) is 12.9. The number of nitro groups is 1. The van der Waals surface area contributed by atoms with Crippen molar-refractivity contribution < 1.29 is 9.72 Å². The van der Waals surface area contributed by atoms with Gasteiger partial charge in [0.15, 0.2) is 11.6 Å². The first-order valence-electron chi connectivity index (χ1n) is 10.2. The normalized spacial score (nSPS) is 19.2. The van der Waals surface area contributed by atoms with Crippen LogP contribution in [0.3, 0.4) is 0 Å². The zero-order chi connectivity index (χ0) is 22.6. The molecule has 0 unspecified atom stereocenters. The molecule has 0 saturated carbocycles. The smallest absolute Gasteiger partial charge is 0.275 e. The van der Waals surface area contributed by atoms with Gasteiger partial charge < -0.3 is 5.32 Å². The third-order valence-corrected chi connectivity index (χ3v) is 6.20. The van der Waals surface area contributed by atoms with Crippen LogP contribution >= 0.6 is 11.6 Å². The Balaban J connectivity index is 1.75. The molecule has 9 heteroatoms. The molecule has 5 rings (SSSR count). The first kappa shape index (κ1) is 20.4. The second kappa shape index (κ2) is 7.27. The monoisotopic (exact) mass is 449 g/mol. The summed E-state index contributed by atoms with van der Waals surface area (Å²) in [6.45, 7) is 4.07. The Morgan fingerprint density at radius 2 is 1.88 bits per heavy atom. The third-order valence-electron chi connectivity index (χ3n) is 5.87. The minimum Gasteiger partial charge on any atom is -0.328 e. The number of ketones is 1. The van der Waals surface area contributed by atoms with Crippen LogP contribution in [0.5, 0.6) is 0 Å². The molecule has 0 saturated heterocycles. The fourth-order valence-corrected chi connectivity index (χ4v) is 4.76.